The first kappa shape index (κ1) is 21.7. The number of amides is 1. The Morgan fingerprint density at radius 1 is 0.967 bits per heavy atom. The average molecular weight is 488 g/mol. The molecule has 0 atom stereocenters. The number of aromatic carboxylic acids is 1. The van der Waals surface area contributed by atoms with Crippen molar-refractivity contribution in [2.45, 2.75) is 17.6 Å². The van der Waals surface area contributed by atoms with Crippen LogP contribution in [0.4, 0.5) is 5.69 Å². The molecule has 0 saturated carbocycles. The van der Waals surface area contributed by atoms with E-state index in [1.165, 1.54) is 24.3 Å². The number of hydrogen-bond donors (Lipinski definition) is 2. The number of carboxylic acids is 1. The molecule has 8 heteroatoms. The third-order valence-electron chi connectivity index (χ3n) is 4.41. The lowest BCUT2D eigenvalue weighted by molar-refractivity contribution is 0.0698. The Morgan fingerprint density at radius 2 is 1.60 bits per heavy atom. The van der Waals surface area contributed by atoms with E-state index in [9.17, 15) is 23.1 Å². The largest absolute Gasteiger partial charge is 0.478 e. The Kier molecular flexibility index (Phi) is 6.38. The summed E-state index contributed by atoms with van der Waals surface area (Å²) >= 11 is 3.20. The highest BCUT2D eigenvalue weighted by molar-refractivity contribution is 9.10. The van der Waals surface area contributed by atoms with Crippen molar-refractivity contribution in [3.63, 3.8) is 0 Å². The highest BCUT2D eigenvalue weighted by Crippen LogP contribution is 2.22. The first-order valence-electron chi connectivity index (χ1n) is 8.88. The van der Waals surface area contributed by atoms with Gasteiger partial charge in [0.15, 0.2) is 9.84 Å². The van der Waals surface area contributed by atoms with Gasteiger partial charge < -0.3 is 10.4 Å². The second-order valence-corrected chi connectivity index (χ2v) is 9.62. The number of carbonyl (C=O) groups is 2. The molecule has 6 nitrogen and oxygen atoms in total. The van der Waals surface area contributed by atoms with Crippen molar-refractivity contribution < 1.29 is 23.1 Å². The number of carboxylic acid groups (broad SMARTS) is 1. The zero-order chi connectivity index (χ0) is 21.9. The van der Waals surface area contributed by atoms with Gasteiger partial charge in [-0.05, 0) is 55.0 Å². The molecule has 0 fully saturated rings. The highest BCUT2D eigenvalue weighted by atomic mass is 79.9. The maximum atomic E-state index is 12.6. The molecule has 3 aromatic rings. The van der Waals surface area contributed by atoms with Crippen molar-refractivity contribution in [1.29, 1.82) is 0 Å². The van der Waals surface area contributed by atoms with E-state index in [4.69, 9.17) is 0 Å². The fraction of sp³-hybridized carbons (Fsp3) is 0.0909. The van der Waals surface area contributed by atoms with Crippen molar-refractivity contribution in [1.82, 2.24) is 0 Å². The van der Waals surface area contributed by atoms with E-state index in [2.05, 4.69) is 21.2 Å². The number of hydrogen-bond acceptors (Lipinski definition) is 4. The van der Waals surface area contributed by atoms with Gasteiger partial charge in [0.05, 0.1) is 21.9 Å². The Labute approximate surface area is 182 Å². The van der Waals surface area contributed by atoms with Gasteiger partial charge in [0.25, 0.3) is 5.91 Å². The third-order valence-corrected chi connectivity index (χ3v) is 6.61. The smallest absolute Gasteiger partial charge is 0.337 e. The number of carbonyl (C=O) groups excluding carboxylic acids is 1. The number of nitrogens with one attached hydrogen (secondary N) is 1. The van der Waals surface area contributed by atoms with Crippen LogP contribution in [0, 0.1) is 6.92 Å². The Bertz CT molecular complexity index is 1200. The molecule has 0 aliphatic carbocycles. The van der Waals surface area contributed by atoms with Crippen LogP contribution in [-0.2, 0) is 15.6 Å². The van der Waals surface area contributed by atoms with E-state index in [1.54, 1.807) is 42.5 Å². The number of aryl methyl sites for hydroxylation is 1. The lowest BCUT2D eigenvalue weighted by Crippen LogP contribution is -2.15. The fourth-order valence-corrected chi connectivity index (χ4v) is 4.51. The van der Waals surface area contributed by atoms with Gasteiger partial charge in [0.2, 0.25) is 0 Å². The normalized spacial score (nSPS) is 11.1. The summed E-state index contributed by atoms with van der Waals surface area (Å²) in [5, 5.41) is 11.9. The molecule has 154 valence electrons. The maximum Gasteiger partial charge on any atom is 0.337 e. The SMILES string of the molecule is Cc1ccc(S(=O)(=O)Cc2ccc(C(=O)Nc3ccc(Br)cc3C(=O)O)cc2)cc1. The summed E-state index contributed by atoms with van der Waals surface area (Å²) in [6.07, 6.45) is 0. The quantitative estimate of drug-likeness (QED) is 0.525. The van der Waals surface area contributed by atoms with Gasteiger partial charge in [0, 0.05) is 10.0 Å². The van der Waals surface area contributed by atoms with Crippen LogP contribution in [0.25, 0.3) is 0 Å². The summed E-state index contributed by atoms with van der Waals surface area (Å²) in [6, 6.07) is 17.3. The summed E-state index contributed by atoms with van der Waals surface area (Å²) < 4.78 is 25.7. The molecular weight excluding hydrogens is 470 g/mol. The van der Waals surface area contributed by atoms with E-state index >= 15 is 0 Å². The van der Waals surface area contributed by atoms with Gasteiger partial charge in [0.1, 0.15) is 0 Å². The monoisotopic (exact) mass is 487 g/mol. The maximum absolute atomic E-state index is 12.6. The first-order chi connectivity index (χ1) is 14.2. The van der Waals surface area contributed by atoms with Gasteiger partial charge in [-0.2, -0.15) is 0 Å². The second kappa shape index (κ2) is 8.81. The van der Waals surface area contributed by atoms with Gasteiger partial charge in [-0.25, -0.2) is 13.2 Å². The van der Waals surface area contributed by atoms with E-state index in [1.807, 2.05) is 6.92 Å². The molecular formula is C22H18BrNO5S. The molecule has 30 heavy (non-hydrogen) atoms. The molecule has 0 aliphatic heterocycles. The van der Waals surface area contributed by atoms with Crippen LogP contribution in [0.5, 0.6) is 0 Å². The molecule has 0 aromatic heterocycles. The van der Waals surface area contributed by atoms with Gasteiger partial charge in [-0.15, -0.1) is 0 Å². The van der Waals surface area contributed by atoms with Gasteiger partial charge in [-0.3, -0.25) is 4.79 Å². The molecule has 0 unspecified atom stereocenters. The molecule has 0 heterocycles. The fourth-order valence-electron chi connectivity index (χ4n) is 2.80. The number of anilines is 1. The zero-order valence-corrected chi connectivity index (χ0v) is 18.3. The molecule has 3 rings (SSSR count). The van der Waals surface area contributed by atoms with Crippen LogP contribution in [0.2, 0.25) is 0 Å². The predicted octanol–water partition coefficient (Wildman–Crippen LogP) is 4.68. The summed E-state index contributed by atoms with van der Waals surface area (Å²) in [5.41, 5.74) is 1.93. The lowest BCUT2D eigenvalue weighted by atomic mass is 10.1. The minimum absolute atomic E-state index is 0.0430. The summed E-state index contributed by atoms with van der Waals surface area (Å²) in [6.45, 7) is 1.88. The van der Waals surface area contributed by atoms with E-state index in [0.29, 0.717) is 10.0 Å². The van der Waals surface area contributed by atoms with E-state index < -0.39 is 21.7 Å². The molecule has 3 aromatic carbocycles. The Morgan fingerprint density at radius 3 is 2.20 bits per heavy atom. The van der Waals surface area contributed by atoms with E-state index in [0.717, 1.165) is 5.56 Å². The zero-order valence-electron chi connectivity index (χ0n) is 15.9. The minimum Gasteiger partial charge on any atom is -0.478 e. The summed E-state index contributed by atoms with van der Waals surface area (Å²) in [7, 11) is -3.50. The first-order valence-corrected chi connectivity index (χ1v) is 11.3. The van der Waals surface area contributed by atoms with Crippen molar-refractivity contribution in [3.05, 3.63) is 93.5 Å². The molecule has 0 spiro atoms. The highest BCUT2D eigenvalue weighted by Gasteiger charge is 2.17. The van der Waals surface area contributed by atoms with Gasteiger partial charge >= 0.3 is 5.97 Å². The molecule has 1 amide bonds. The van der Waals surface area contributed by atoms with Crippen molar-refractivity contribution >= 4 is 43.3 Å². The van der Waals surface area contributed by atoms with Crippen LogP contribution < -0.4 is 5.32 Å². The van der Waals surface area contributed by atoms with E-state index in [-0.39, 0.29) is 27.5 Å². The number of benzene rings is 3. The molecule has 0 aliphatic rings. The Hall–Kier alpha value is -2.97. The van der Waals surface area contributed by atoms with Crippen molar-refractivity contribution in [3.8, 4) is 0 Å². The van der Waals surface area contributed by atoms with Crippen LogP contribution >= 0.6 is 15.9 Å². The summed E-state index contributed by atoms with van der Waals surface area (Å²) in [4.78, 5) is 24.1. The van der Waals surface area contributed by atoms with Gasteiger partial charge in [-0.1, -0.05) is 45.8 Å². The van der Waals surface area contributed by atoms with Crippen LogP contribution in [0.15, 0.2) is 76.1 Å². The van der Waals surface area contributed by atoms with Crippen LogP contribution in [0.3, 0.4) is 0 Å². The van der Waals surface area contributed by atoms with Crippen molar-refractivity contribution in [2.75, 3.05) is 5.32 Å². The number of sulfone groups is 1. The molecule has 0 bridgehead atoms. The second-order valence-electron chi connectivity index (χ2n) is 6.72. The van der Waals surface area contributed by atoms with Crippen molar-refractivity contribution in [2.24, 2.45) is 0 Å². The summed E-state index contributed by atoms with van der Waals surface area (Å²) in [5.74, 6) is -1.84. The third kappa shape index (κ3) is 5.14. The standard InChI is InChI=1S/C22H18BrNO5S/c1-14-2-9-18(10-3-14)30(28,29)13-15-4-6-16(7-5-15)21(25)24-20-11-8-17(23)12-19(20)22(26)27/h2-12H,13H2,1H3,(H,24,25)(H,26,27). The molecule has 0 saturated heterocycles. The number of halogens is 1. The minimum atomic E-state index is -3.50. The molecule has 0 radical (unpaired) electrons. The topological polar surface area (TPSA) is 101 Å². The molecule has 2 N–H and O–H groups in total. The van der Waals surface area contributed by atoms with Crippen LogP contribution in [-0.4, -0.2) is 25.4 Å². The predicted molar refractivity (Wildman–Crippen MR) is 118 cm³/mol. The average Bonchev–Trinajstić information content (AvgIpc) is 2.69. The number of rotatable bonds is 6. The lowest BCUT2D eigenvalue weighted by Gasteiger charge is -2.10. The Balaban J connectivity index is 1.75. The van der Waals surface area contributed by atoms with Crippen LogP contribution in [0.1, 0.15) is 31.8 Å².